The fraction of sp³-hybridized carbons (Fsp3) is 0.704. The van der Waals surface area contributed by atoms with Crippen LogP contribution < -0.4 is 11.1 Å². The fourth-order valence-electron chi connectivity index (χ4n) is 8.86. The van der Waals surface area contributed by atoms with Gasteiger partial charge >= 0.3 is 11.9 Å². The van der Waals surface area contributed by atoms with E-state index in [0.29, 0.717) is 0 Å². The van der Waals surface area contributed by atoms with Crippen molar-refractivity contribution in [1.82, 2.24) is 5.32 Å². The van der Waals surface area contributed by atoms with Crippen LogP contribution in [0.1, 0.15) is 79.1 Å². The standard InChI is InChI=1S/C47H73NO17.C7H17NO5/c1-27-17-15-13-11-9-7-5-6-8-10-12-14-16-18-34(64-46-44(58)41(48)43(57)30(4)63-46)24-38-40(45(59)60)37(54)26-47(61,65-38)25-33(51)22-36(53)35(52)20-19-31(49)21-32(50)23-39(55)62-29(3)28(2)42(27)56;1-8-2-4(10)6(12)7(13)5(11)3-9/h5-18,27-38,40-44,46,49-54,56-58,61H,19-26,48H2,1-4H3,(H,59,60);4-13H,2-3H2,1H3/b6-5+,9-7+,10-8+,13-11+,14-12+,17-15+,18-16+;/t27-,28-,29-,30+,31+,32+,33-,34-,35+,36+,37-,38-,40+,41-,42+,43+,44-,46-,47+;4-,5+,6+,7+/m01/s1. The summed E-state index contributed by atoms with van der Waals surface area (Å²) in [7, 11) is 1.57. The number of carboxylic acids is 1. The monoisotopic (exact) mass is 1120 g/mol. The minimum Gasteiger partial charge on any atom is -0.481 e. The zero-order valence-electron chi connectivity index (χ0n) is 45.0. The number of aliphatic hydroxyl groups excluding tert-OH is 14. The number of carbonyl (C=O) groups excluding carboxylic acids is 1. The van der Waals surface area contributed by atoms with Crippen LogP contribution in [0.3, 0.4) is 0 Å². The Morgan fingerprint density at radius 1 is 0.692 bits per heavy atom. The van der Waals surface area contributed by atoms with Gasteiger partial charge in [-0.2, -0.15) is 0 Å². The van der Waals surface area contributed by atoms with Crippen LogP contribution in [0.15, 0.2) is 85.1 Å². The van der Waals surface area contributed by atoms with Crippen LogP contribution in [-0.2, 0) is 28.5 Å². The number of nitrogens with one attached hydrogen (secondary N) is 1. The average Bonchev–Trinajstić information content (AvgIpc) is 3.36. The number of carboxylic acid groups (broad SMARTS) is 1. The summed E-state index contributed by atoms with van der Waals surface area (Å²) in [6.45, 7) is 6.17. The van der Waals surface area contributed by atoms with Crippen LogP contribution in [0, 0.1) is 17.8 Å². The van der Waals surface area contributed by atoms with Crippen molar-refractivity contribution in [3.63, 3.8) is 0 Å². The number of aliphatic carboxylic acids is 1. The molecule has 0 aliphatic carbocycles. The number of carbonyl (C=O) groups is 2. The minimum absolute atomic E-state index is 0.0936. The molecule has 0 aromatic carbocycles. The van der Waals surface area contributed by atoms with Gasteiger partial charge in [0.1, 0.15) is 36.4 Å². The number of esters is 1. The van der Waals surface area contributed by atoms with Crippen molar-refractivity contribution in [2.45, 2.75) is 201 Å². The van der Waals surface area contributed by atoms with Crippen LogP contribution >= 0.6 is 0 Å². The molecule has 0 aromatic heterocycles. The molecule has 0 unspecified atom stereocenters. The molecular formula is C54H90N2O22. The summed E-state index contributed by atoms with van der Waals surface area (Å²) < 4.78 is 23.1. The van der Waals surface area contributed by atoms with Crippen LogP contribution in [0.25, 0.3) is 0 Å². The second-order valence-electron chi connectivity index (χ2n) is 20.4. The van der Waals surface area contributed by atoms with Crippen molar-refractivity contribution in [3.8, 4) is 0 Å². The van der Waals surface area contributed by atoms with Crippen LogP contribution in [0.4, 0.5) is 0 Å². The normalized spacial score (nSPS) is 41.4. The highest BCUT2D eigenvalue weighted by Crippen LogP contribution is 2.38. The summed E-state index contributed by atoms with van der Waals surface area (Å²) in [5.41, 5.74) is 6.02. The van der Waals surface area contributed by atoms with Gasteiger partial charge < -0.3 is 112 Å². The SMILES string of the molecule is CNC[C@@H](O)[C@H](O)[C@@H](O)[C@@H](O)CO.C[C@@H]1[C@H](O)[C@@H](C)/C=C/C=C/C=C/C=C/C=C/C=C/C=C/[C@H](O[C@@H]2O[C@H](C)[C@@H](O)[C@H](N)[C@@H]2O)C[C@@H]2O[C@](O)(C[C@@H](O)C[C@@H](O)[C@H](O)CC[C@@H](O)C[C@@H](O)CC(=O)O[C@H]1C)C[C@H](O)[C@H]2C(=O)O. The van der Waals surface area contributed by atoms with Crippen LogP contribution in [0.2, 0.25) is 0 Å². The molecule has 3 heterocycles. The number of aliphatic hydroxyl groups is 15. The second-order valence-corrected chi connectivity index (χ2v) is 20.4. The maximum Gasteiger partial charge on any atom is 0.311 e. The summed E-state index contributed by atoms with van der Waals surface area (Å²) in [6.07, 6.45) is -2.19. The molecule has 0 aromatic rings. The molecule has 19 N–H and O–H groups in total. The third kappa shape index (κ3) is 24.6. The molecule has 0 saturated carbocycles. The summed E-state index contributed by atoms with van der Waals surface area (Å²) in [4.78, 5) is 25.1. The number of allylic oxidation sites excluding steroid dienone is 12. The molecule has 3 aliphatic rings. The van der Waals surface area contributed by atoms with Crippen molar-refractivity contribution in [3.05, 3.63) is 85.1 Å². The van der Waals surface area contributed by atoms with E-state index in [4.69, 9.17) is 45.1 Å². The van der Waals surface area contributed by atoms with E-state index in [1.807, 2.05) is 19.1 Å². The Morgan fingerprint density at radius 2 is 1.24 bits per heavy atom. The number of nitrogens with two attached hydrogens (primary N) is 1. The lowest BCUT2D eigenvalue weighted by Gasteiger charge is -2.45. The van der Waals surface area contributed by atoms with Gasteiger partial charge in [0.2, 0.25) is 0 Å². The summed E-state index contributed by atoms with van der Waals surface area (Å²) in [5, 5.41) is 166. The van der Waals surface area contributed by atoms with E-state index in [0.717, 1.165) is 0 Å². The first-order valence-corrected chi connectivity index (χ1v) is 26.3. The number of likely N-dealkylation sites (N-methyl/N-ethyl adjacent to an activating group) is 1. The van der Waals surface area contributed by atoms with Crippen molar-refractivity contribution < 1.29 is 110 Å². The van der Waals surface area contributed by atoms with E-state index < -0.39 is 178 Å². The van der Waals surface area contributed by atoms with Crippen molar-refractivity contribution in [2.75, 3.05) is 20.2 Å². The number of rotatable bonds is 9. The predicted octanol–water partition coefficient (Wildman–Crippen LogP) is -2.65. The van der Waals surface area contributed by atoms with Gasteiger partial charge in [0, 0.05) is 44.1 Å². The van der Waals surface area contributed by atoms with Gasteiger partial charge in [0.15, 0.2) is 12.1 Å². The molecular weight excluding hydrogens is 1030 g/mol. The van der Waals surface area contributed by atoms with Gasteiger partial charge in [-0.05, 0) is 40.2 Å². The first-order valence-electron chi connectivity index (χ1n) is 26.3. The van der Waals surface area contributed by atoms with E-state index in [9.17, 15) is 70.9 Å². The molecule has 0 amide bonds. The molecule has 3 aliphatic heterocycles. The lowest BCUT2D eigenvalue weighted by molar-refractivity contribution is -0.308. The molecule has 78 heavy (non-hydrogen) atoms. The van der Waals surface area contributed by atoms with E-state index in [1.165, 1.54) is 13.0 Å². The Hall–Kier alpha value is -3.68. The molecule has 2 fully saturated rings. The van der Waals surface area contributed by atoms with Crippen molar-refractivity contribution in [1.29, 1.82) is 0 Å². The molecule has 23 atom stereocenters. The first kappa shape index (κ1) is 70.4. The van der Waals surface area contributed by atoms with Crippen LogP contribution in [0.5, 0.6) is 0 Å². The lowest BCUT2D eigenvalue weighted by atomic mass is 9.82. The smallest absolute Gasteiger partial charge is 0.311 e. The van der Waals surface area contributed by atoms with E-state index >= 15 is 0 Å². The Kier molecular flexibility index (Phi) is 32.4. The molecule has 448 valence electrons. The summed E-state index contributed by atoms with van der Waals surface area (Å²) in [5.74, 6) is -6.83. The van der Waals surface area contributed by atoms with Gasteiger partial charge in [-0.3, -0.25) is 9.59 Å². The average molecular weight is 1120 g/mol. The Labute approximate surface area is 456 Å². The quantitative estimate of drug-likeness (QED) is 0.105. The number of fused-ring (bicyclic) bond motifs is 2. The van der Waals surface area contributed by atoms with Gasteiger partial charge in [0.25, 0.3) is 0 Å². The molecule has 24 nitrogen and oxygen atoms in total. The first-order chi connectivity index (χ1) is 36.7. The van der Waals surface area contributed by atoms with Gasteiger partial charge in [-0.15, -0.1) is 0 Å². The number of cyclic esters (lactones) is 1. The molecule has 3 rings (SSSR count). The maximum atomic E-state index is 12.6. The van der Waals surface area contributed by atoms with E-state index in [2.05, 4.69) is 5.32 Å². The topological polar surface area (TPSA) is 433 Å². The molecule has 0 spiro atoms. The highest BCUT2D eigenvalue weighted by molar-refractivity contribution is 5.71. The summed E-state index contributed by atoms with van der Waals surface area (Å²) >= 11 is 0. The van der Waals surface area contributed by atoms with E-state index in [1.54, 1.807) is 87.7 Å². The zero-order valence-corrected chi connectivity index (χ0v) is 45.0. The van der Waals surface area contributed by atoms with Crippen molar-refractivity contribution >= 4 is 11.9 Å². The highest BCUT2D eigenvalue weighted by Gasteiger charge is 2.51. The molecule has 24 heteroatoms. The molecule has 0 radical (unpaired) electrons. The number of hydrogen-bond donors (Lipinski definition) is 18. The molecule has 2 saturated heterocycles. The Morgan fingerprint density at radius 3 is 1.79 bits per heavy atom. The number of ether oxygens (including phenoxy) is 4. The molecule has 2 bridgehead atoms. The fourth-order valence-corrected chi connectivity index (χ4v) is 8.86. The largest absolute Gasteiger partial charge is 0.481 e. The zero-order chi connectivity index (χ0) is 58.9. The third-order valence-corrected chi connectivity index (χ3v) is 13.8. The third-order valence-electron chi connectivity index (χ3n) is 13.8. The van der Waals surface area contributed by atoms with Gasteiger partial charge in [0.05, 0.1) is 92.3 Å². The lowest BCUT2D eigenvalue weighted by Crippen LogP contribution is -2.61. The Bertz CT molecular complexity index is 1940. The van der Waals surface area contributed by atoms with Crippen molar-refractivity contribution in [2.24, 2.45) is 23.5 Å². The summed E-state index contributed by atoms with van der Waals surface area (Å²) in [6, 6.07) is -1.15. The maximum absolute atomic E-state index is 12.6. The van der Waals surface area contributed by atoms with Gasteiger partial charge in [-0.25, -0.2) is 0 Å². The Balaban J connectivity index is 0.00000141. The van der Waals surface area contributed by atoms with E-state index in [-0.39, 0.29) is 38.1 Å². The minimum atomic E-state index is -2.33. The number of hydrogen-bond acceptors (Lipinski definition) is 23. The van der Waals surface area contributed by atoms with Crippen LogP contribution in [-0.4, -0.2) is 236 Å². The second kappa shape index (κ2) is 35.9. The highest BCUT2D eigenvalue weighted by atomic mass is 16.7. The van der Waals surface area contributed by atoms with Gasteiger partial charge in [-0.1, -0.05) is 98.9 Å². The predicted molar refractivity (Wildman–Crippen MR) is 282 cm³/mol.